The molecule has 1 unspecified atom stereocenters. The summed E-state index contributed by atoms with van der Waals surface area (Å²) in [5, 5.41) is 0.638. The molecule has 0 aromatic heterocycles. The van der Waals surface area contributed by atoms with Gasteiger partial charge in [-0.25, -0.2) is 9.59 Å². The monoisotopic (exact) mass is 643 g/mol. The van der Waals surface area contributed by atoms with Crippen molar-refractivity contribution in [2.75, 3.05) is 26.0 Å². The highest BCUT2D eigenvalue weighted by atomic mass is 35.5. The first-order chi connectivity index (χ1) is 20.3. The van der Waals surface area contributed by atoms with Crippen molar-refractivity contribution in [1.82, 2.24) is 4.90 Å². The Morgan fingerprint density at radius 2 is 1.63 bits per heavy atom. The molecule has 0 spiro atoms. The number of thioether (sulfide) groups is 1. The fourth-order valence-corrected chi connectivity index (χ4v) is 6.06. The van der Waals surface area contributed by atoms with Crippen molar-refractivity contribution in [1.29, 1.82) is 0 Å². The lowest BCUT2D eigenvalue weighted by Gasteiger charge is -2.27. The Kier molecular flexibility index (Phi) is 10.4. The van der Waals surface area contributed by atoms with Gasteiger partial charge in [-0.15, -0.1) is 11.8 Å². The second-order valence-corrected chi connectivity index (χ2v) is 12.7. The van der Waals surface area contributed by atoms with E-state index in [-0.39, 0.29) is 42.2 Å². The van der Waals surface area contributed by atoms with Crippen molar-refractivity contribution in [3.8, 4) is 11.5 Å². The summed E-state index contributed by atoms with van der Waals surface area (Å²) >= 11 is 13.8. The number of ketones is 1. The minimum atomic E-state index is -1.19. The number of hydrogen-bond acceptors (Lipinski definition) is 7. The number of hydrogen-bond donors (Lipinski definition) is 0. The largest absolute Gasteiger partial charge is 0.476 e. The van der Waals surface area contributed by atoms with Crippen LogP contribution >= 0.6 is 35.0 Å². The van der Waals surface area contributed by atoms with E-state index in [2.05, 4.69) is 0 Å². The van der Waals surface area contributed by atoms with Crippen molar-refractivity contribution < 1.29 is 28.6 Å². The zero-order chi connectivity index (χ0) is 31.5. The van der Waals surface area contributed by atoms with E-state index < -0.39 is 23.6 Å². The predicted octanol–water partition coefficient (Wildman–Crippen LogP) is 8.15. The second-order valence-electron chi connectivity index (χ2n) is 11.0. The van der Waals surface area contributed by atoms with E-state index in [1.54, 1.807) is 38.6 Å². The van der Waals surface area contributed by atoms with Crippen molar-refractivity contribution in [2.45, 2.75) is 51.0 Å². The maximum atomic E-state index is 13.9. The molecule has 0 radical (unpaired) electrons. The van der Waals surface area contributed by atoms with Gasteiger partial charge in [0.2, 0.25) is 0 Å². The number of rotatable bonds is 9. The predicted molar refractivity (Wildman–Crippen MR) is 170 cm³/mol. The van der Waals surface area contributed by atoms with Crippen LogP contribution < -0.4 is 9.47 Å². The average molecular weight is 645 g/mol. The summed E-state index contributed by atoms with van der Waals surface area (Å²) in [6, 6.07) is 16.0. The molecule has 228 valence electrons. The molecule has 0 aliphatic carbocycles. The summed E-state index contributed by atoms with van der Waals surface area (Å²) in [5.74, 6) is -0.588. The maximum absolute atomic E-state index is 13.9. The molecule has 1 aliphatic heterocycles. The minimum absolute atomic E-state index is 0.0587. The topological polar surface area (TPSA) is 82.1 Å². The van der Waals surface area contributed by atoms with Crippen LogP contribution in [0.2, 0.25) is 10.0 Å². The summed E-state index contributed by atoms with van der Waals surface area (Å²) in [7, 11) is 0. The van der Waals surface area contributed by atoms with Crippen molar-refractivity contribution in [3.05, 3.63) is 86.9 Å². The molecule has 0 saturated carbocycles. The first kappa shape index (κ1) is 32.7. The number of halogens is 2. The first-order valence-electron chi connectivity index (χ1n) is 13.9. The van der Waals surface area contributed by atoms with Crippen LogP contribution in [0, 0.1) is 19.8 Å². The van der Waals surface area contributed by atoms with Crippen LogP contribution in [0.15, 0.2) is 59.5 Å². The summed E-state index contributed by atoms with van der Waals surface area (Å²) in [6.45, 7) is 9.57. The number of Topliss-reactive ketones (excluding diaryl/α,β-unsaturated/α-hetero) is 1. The average Bonchev–Trinajstić information content (AvgIpc) is 3.42. The fraction of sp³-hybridized carbons (Fsp3) is 0.364. The Labute approximate surface area is 266 Å². The number of benzene rings is 3. The molecule has 4 rings (SSSR count). The molecule has 1 amide bonds. The van der Waals surface area contributed by atoms with E-state index in [4.69, 9.17) is 37.4 Å². The molecule has 1 saturated heterocycles. The Morgan fingerprint density at radius 3 is 2.21 bits per heavy atom. The van der Waals surface area contributed by atoms with Gasteiger partial charge in [-0.2, -0.15) is 0 Å². The normalized spacial score (nSPS) is 16.6. The van der Waals surface area contributed by atoms with Gasteiger partial charge in [0, 0.05) is 40.4 Å². The Balaban J connectivity index is 1.66. The zero-order valence-electron chi connectivity index (χ0n) is 25.0. The summed E-state index contributed by atoms with van der Waals surface area (Å²) in [6.07, 6.45) is 1.37. The Bertz CT molecular complexity index is 1500. The van der Waals surface area contributed by atoms with E-state index in [9.17, 15) is 14.4 Å². The van der Waals surface area contributed by atoms with Crippen LogP contribution in [0.1, 0.15) is 53.7 Å². The number of aryl methyl sites for hydroxylation is 2. The number of carbonyl (C=O) groups is 3. The standard InChI is InChI=1S/C33H35Cl2NO6S/c1-7-40-31(38)33(4,5)42-30-19(2)14-22(15-20(30)3)25-17-36(32(39)41-28-13-10-23(34)16-27(28)35)18-26(25)29(37)21-8-11-24(43-6)12-9-21/h8-16,25-26H,7,17-18H2,1-6H3/t25-,26?/m0/s1. The molecular weight excluding hydrogens is 609 g/mol. The lowest BCUT2D eigenvalue weighted by atomic mass is 9.82. The van der Waals surface area contributed by atoms with Crippen LogP contribution in [-0.2, 0) is 9.53 Å². The van der Waals surface area contributed by atoms with Crippen LogP contribution in [0.25, 0.3) is 0 Å². The van der Waals surface area contributed by atoms with Crippen LogP contribution in [0.5, 0.6) is 11.5 Å². The molecule has 1 fully saturated rings. The lowest BCUT2D eigenvalue weighted by molar-refractivity contribution is -0.158. The minimum Gasteiger partial charge on any atom is -0.476 e. The molecule has 3 aromatic rings. The van der Waals surface area contributed by atoms with Crippen molar-refractivity contribution >= 4 is 52.8 Å². The Hall–Kier alpha value is -3.20. The summed E-state index contributed by atoms with van der Waals surface area (Å²) in [4.78, 5) is 42.3. The van der Waals surface area contributed by atoms with E-state index >= 15 is 0 Å². The third-order valence-electron chi connectivity index (χ3n) is 7.42. The molecule has 7 nitrogen and oxygen atoms in total. The van der Waals surface area contributed by atoms with Gasteiger partial charge in [0.25, 0.3) is 0 Å². The smallest absolute Gasteiger partial charge is 0.415 e. The molecular formula is C33H35Cl2NO6S. The summed E-state index contributed by atoms with van der Waals surface area (Å²) < 4.78 is 17.0. The van der Waals surface area contributed by atoms with Crippen LogP contribution in [-0.4, -0.2) is 54.3 Å². The molecule has 2 atom stereocenters. The zero-order valence-corrected chi connectivity index (χ0v) is 27.4. The molecule has 1 heterocycles. The van der Waals surface area contributed by atoms with Gasteiger partial charge in [0.05, 0.1) is 11.6 Å². The van der Waals surface area contributed by atoms with Gasteiger partial charge in [0.1, 0.15) is 5.75 Å². The van der Waals surface area contributed by atoms with Gasteiger partial charge in [0.15, 0.2) is 17.1 Å². The van der Waals surface area contributed by atoms with Gasteiger partial charge >= 0.3 is 12.1 Å². The lowest BCUT2D eigenvalue weighted by Crippen LogP contribution is -2.40. The number of esters is 1. The molecule has 10 heteroatoms. The van der Waals surface area contributed by atoms with Crippen molar-refractivity contribution in [3.63, 3.8) is 0 Å². The highest BCUT2D eigenvalue weighted by molar-refractivity contribution is 7.98. The maximum Gasteiger partial charge on any atom is 0.415 e. The van der Waals surface area contributed by atoms with Crippen LogP contribution in [0.3, 0.4) is 0 Å². The number of amides is 1. The summed E-state index contributed by atoms with van der Waals surface area (Å²) in [5.41, 5.74) is 1.88. The van der Waals surface area contributed by atoms with Gasteiger partial charge in [-0.1, -0.05) is 47.5 Å². The fourth-order valence-electron chi connectivity index (χ4n) is 5.20. The quantitative estimate of drug-likeness (QED) is 0.132. The number of ether oxygens (including phenoxy) is 3. The number of likely N-dealkylation sites (tertiary alicyclic amines) is 1. The van der Waals surface area contributed by atoms with Gasteiger partial charge in [-0.3, -0.25) is 4.79 Å². The van der Waals surface area contributed by atoms with E-state index in [0.717, 1.165) is 21.6 Å². The van der Waals surface area contributed by atoms with Crippen molar-refractivity contribution in [2.24, 2.45) is 5.92 Å². The highest BCUT2D eigenvalue weighted by Gasteiger charge is 2.42. The molecule has 0 bridgehead atoms. The van der Waals surface area contributed by atoms with Crippen LogP contribution in [0.4, 0.5) is 4.79 Å². The van der Waals surface area contributed by atoms with Gasteiger partial charge in [-0.05, 0) is 87.9 Å². The van der Waals surface area contributed by atoms with E-state index in [1.165, 1.54) is 17.0 Å². The molecule has 3 aromatic carbocycles. The third-order valence-corrected chi connectivity index (χ3v) is 8.69. The van der Waals surface area contributed by atoms with Gasteiger partial charge < -0.3 is 19.1 Å². The highest BCUT2D eigenvalue weighted by Crippen LogP contribution is 2.39. The number of carbonyl (C=O) groups excluding carboxylic acids is 3. The first-order valence-corrected chi connectivity index (χ1v) is 15.9. The molecule has 1 aliphatic rings. The number of nitrogens with zero attached hydrogens (tertiary/aromatic N) is 1. The SMILES string of the molecule is CCOC(=O)C(C)(C)Oc1c(C)cc([C@@H]2CN(C(=O)Oc3ccc(Cl)cc3Cl)CC2C(=O)c2ccc(SC)cc2)cc1C. The molecule has 0 N–H and O–H groups in total. The van der Waals surface area contributed by atoms with E-state index in [0.29, 0.717) is 16.3 Å². The van der Waals surface area contributed by atoms with E-state index in [1.807, 2.05) is 56.5 Å². The third kappa shape index (κ3) is 7.48. The second kappa shape index (κ2) is 13.6. The molecule has 43 heavy (non-hydrogen) atoms. The Morgan fingerprint density at radius 1 is 0.977 bits per heavy atom.